The molecule has 1 aliphatic carbocycles. The summed E-state index contributed by atoms with van der Waals surface area (Å²) in [6, 6.07) is 12.4. The first-order valence-corrected chi connectivity index (χ1v) is 10.6. The van der Waals surface area contributed by atoms with E-state index in [1.54, 1.807) is 30.1 Å². The molecule has 0 spiro atoms. The van der Waals surface area contributed by atoms with E-state index in [0.717, 1.165) is 30.5 Å². The van der Waals surface area contributed by atoms with E-state index >= 15 is 0 Å². The second-order valence-electron chi connectivity index (χ2n) is 7.21. The summed E-state index contributed by atoms with van der Waals surface area (Å²) in [4.78, 5) is 14.4. The van der Waals surface area contributed by atoms with E-state index in [0.29, 0.717) is 11.4 Å². The summed E-state index contributed by atoms with van der Waals surface area (Å²) in [5.74, 6) is 0.115. The highest BCUT2D eigenvalue weighted by Crippen LogP contribution is 2.31. The second kappa shape index (κ2) is 6.94. The lowest BCUT2D eigenvalue weighted by Gasteiger charge is -2.28. The van der Waals surface area contributed by atoms with Crippen LogP contribution in [0, 0.1) is 0 Å². The average molecular weight is 398 g/mol. The van der Waals surface area contributed by atoms with Gasteiger partial charge in [0.25, 0.3) is 10.0 Å². The average Bonchev–Trinajstić information content (AvgIpc) is 2.93. The van der Waals surface area contributed by atoms with E-state index in [2.05, 4.69) is 9.71 Å². The van der Waals surface area contributed by atoms with Crippen LogP contribution < -0.4 is 11.1 Å². The molecule has 0 saturated heterocycles. The predicted octanol–water partition coefficient (Wildman–Crippen LogP) is 1.84. The van der Waals surface area contributed by atoms with Gasteiger partial charge in [-0.25, -0.2) is 0 Å². The summed E-state index contributed by atoms with van der Waals surface area (Å²) in [6.07, 6.45) is 2.80. The summed E-state index contributed by atoms with van der Waals surface area (Å²) < 4.78 is 28.3. The molecular formula is C20H22N4O3S. The molecule has 146 valence electrons. The summed E-state index contributed by atoms with van der Waals surface area (Å²) in [6.45, 7) is 0.0174. The van der Waals surface area contributed by atoms with Crippen LogP contribution in [-0.4, -0.2) is 38.7 Å². The maximum absolute atomic E-state index is 12.6. The molecular weight excluding hydrogens is 376 g/mol. The number of hydrogen-bond acceptors (Lipinski definition) is 5. The Bertz CT molecular complexity index is 1080. The van der Waals surface area contributed by atoms with E-state index in [4.69, 9.17) is 5.73 Å². The molecule has 28 heavy (non-hydrogen) atoms. The molecule has 7 nitrogen and oxygen atoms in total. The molecule has 3 N–H and O–H groups in total. The minimum atomic E-state index is -3.70. The van der Waals surface area contributed by atoms with Gasteiger partial charge in [0, 0.05) is 18.3 Å². The number of rotatable bonds is 3. The van der Waals surface area contributed by atoms with Gasteiger partial charge in [0.15, 0.2) is 5.84 Å². The molecule has 1 heterocycles. The number of anilines is 1. The van der Waals surface area contributed by atoms with Crippen molar-refractivity contribution in [2.45, 2.75) is 30.2 Å². The Morgan fingerprint density at radius 2 is 2.07 bits per heavy atom. The van der Waals surface area contributed by atoms with Crippen molar-refractivity contribution >= 4 is 27.5 Å². The summed E-state index contributed by atoms with van der Waals surface area (Å²) in [5, 5.41) is 3.07. The lowest BCUT2D eigenvalue weighted by Crippen LogP contribution is -2.40. The third kappa shape index (κ3) is 3.35. The van der Waals surface area contributed by atoms with Gasteiger partial charge in [-0.3, -0.25) is 4.79 Å². The number of nitrogen functional groups attached to an aromatic ring is 1. The molecule has 2 aromatic carbocycles. The van der Waals surface area contributed by atoms with Gasteiger partial charge in [-0.2, -0.15) is 8.42 Å². The van der Waals surface area contributed by atoms with Crippen molar-refractivity contribution in [3.8, 4) is 0 Å². The molecule has 1 amide bonds. The van der Waals surface area contributed by atoms with E-state index in [9.17, 15) is 13.2 Å². The molecule has 0 aromatic heterocycles. The quantitative estimate of drug-likeness (QED) is 0.768. The van der Waals surface area contributed by atoms with Crippen LogP contribution in [0.4, 0.5) is 5.69 Å². The maximum atomic E-state index is 12.6. The Balaban J connectivity index is 1.49. The number of likely N-dealkylation sites (N-methyl/N-ethyl adjacent to an activating group) is 1. The molecule has 2 aromatic rings. The minimum Gasteiger partial charge on any atom is -0.399 e. The third-order valence-corrected chi connectivity index (χ3v) is 6.50. The highest BCUT2D eigenvalue weighted by atomic mass is 32.2. The number of benzene rings is 2. The Labute approximate surface area is 164 Å². The number of amides is 1. The molecule has 2 aliphatic rings. The SMILES string of the molecule is CN(CC(=O)NC1CCCc2cc(N)ccc21)C1=NS(=O)(=O)c2ccccc21. The zero-order valence-electron chi connectivity index (χ0n) is 15.6. The van der Waals surface area contributed by atoms with Crippen molar-refractivity contribution in [3.05, 3.63) is 59.2 Å². The smallest absolute Gasteiger partial charge is 0.285 e. The van der Waals surface area contributed by atoms with E-state index in [1.165, 1.54) is 11.6 Å². The van der Waals surface area contributed by atoms with E-state index < -0.39 is 10.0 Å². The first-order valence-electron chi connectivity index (χ1n) is 9.18. The lowest BCUT2D eigenvalue weighted by molar-refractivity contribution is -0.122. The van der Waals surface area contributed by atoms with Crippen LogP contribution in [0.2, 0.25) is 0 Å². The molecule has 1 unspecified atom stereocenters. The predicted molar refractivity (Wildman–Crippen MR) is 107 cm³/mol. The third-order valence-electron chi connectivity index (χ3n) is 5.17. The molecule has 0 radical (unpaired) electrons. The number of fused-ring (bicyclic) bond motifs is 2. The highest BCUT2D eigenvalue weighted by molar-refractivity contribution is 7.90. The summed E-state index contributed by atoms with van der Waals surface area (Å²) >= 11 is 0. The van der Waals surface area contributed by atoms with E-state index in [-0.39, 0.29) is 23.4 Å². The van der Waals surface area contributed by atoms with Gasteiger partial charge in [-0.05, 0) is 54.7 Å². The molecule has 4 rings (SSSR count). The summed E-state index contributed by atoms with van der Waals surface area (Å²) in [5.41, 5.74) is 9.39. The number of amidine groups is 1. The molecule has 0 bridgehead atoms. The largest absolute Gasteiger partial charge is 0.399 e. The zero-order valence-corrected chi connectivity index (χ0v) is 16.4. The van der Waals surface area contributed by atoms with Crippen molar-refractivity contribution in [1.82, 2.24) is 10.2 Å². The van der Waals surface area contributed by atoms with Crippen LogP contribution in [0.15, 0.2) is 51.8 Å². The lowest BCUT2D eigenvalue weighted by atomic mass is 9.87. The highest BCUT2D eigenvalue weighted by Gasteiger charge is 2.31. The van der Waals surface area contributed by atoms with Crippen molar-refractivity contribution in [2.24, 2.45) is 4.40 Å². The zero-order chi connectivity index (χ0) is 19.9. The van der Waals surface area contributed by atoms with Crippen LogP contribution in [-0.2, 0) is 21.2 Å². The Morgan fingerprint density at radius 3 is 2.89 bits per heavy atom. The standard InChI is InChI=1S/C20H22N4O3S/c1-24(20-16-6-2-3-8-18(16)28(26,27)23-20)12-19(25)22-17-7-4-5-13-11-14(21)9-10-15(13)17/h2-3,6,8-11,17H,4-5,7,12,21H2,1H3,(H,22,25). The van der Waals surface area contributed by atoms with Gasteiger partial charge in [0.1, 0.15) is 4.90 Å². The van der Waals surface area contributed by atoms with E-state index in [1.807, 2.05) is 18.2 Å². The first kappa shape index (κ1) is 18.5. The fraction of sp³-hybridized carbons (Fsp3) is 0.300. The van der Waals surface area contributed by atoms with Gasteiger partial charge < -0.3 is 16.0 Å². The number of aryl methyl sites for hydroxylation is 1. The van der Waals surface area contributed by atoms with Gasteiger partial charge in [0.05, 0.1) is 12.6 Å². The molecule has 8 heteroatoms. The van der Waals surface area contributed by atoms with Crippen molar-refractivity contribution < 1.29 is 13.2 Å². The van der Waals surface area contributed by atoms with Gasteiger partial charge in [0.2, 0.25) is 5.91 Å². The Morgan fingerprint density at radius 1 is 1.29 bits per heavy atom. The number of carbonyl (C=O) groups excluding carboxylic acids is 1. The normalized spacial score (nSPS) is 19.3. The first-order chi connectivity index (χ1) is 13.3. The van der Waals surface area contributed by atoms with Crippen molar-refractivity contribution in [3.63, 3.8) is 0 Å². The number of carbonyl (C=O) groups is 1. The monoisotopic (exact) mass is 398 g/mol. The van der Waals surface area contributed by atoms with Gasteiger partial charge in [-0.1, -0.05) is 18.2 Å². The number of hydrogen-bond donors (Lipinski definition) is 2. The van der Waals surface area contributed by atoms with Crippen LogP contribution in [0.1, 0.15) is 35.6 Å². The van der Waals surface area contributed by atoms with Gasteiger partial charge in [-0.15, -0.1) is 4.40 Å². The molecule has 0 fully saturated rings. The Hall–Kier alpha value is -2.87. The van der Waals surface area contributed by atoms with Gasteiger partial charge >= 0.3 is 0 Å². The molecule has 1 atom stereocenters. The number of nitrogens with zero attached hydrogens (tertiary/aromatic N) is 2. The summed E-state index contributed by atoms with van der Waals surface area (Å²) in [7, 11) is -2.03. The topological polar surface area (TPSA) is 105 Å². The minimum absolute atomic E-state index is 0.0174. The van der Waals surface area contributed by atoms with Crippen LogP contribution in [0.25, 0.3) is 0 Å². The van der Waals surface area contributed by atoms with Crippen LogP contribution >= 0.6 is 0 Å². The Kier molecular flexibility index (Phi) is 4.58. The van der Waals surface area contributed by atoms with Crippen LogP contribution in [0.3, 0.4) is 0 Å². The second-order valence-corrected chi connectivity index (χ2v) is 8.79. The fourth-order valence-electron chi connectivity index (χ4n) is 3.88. The fourth-order valence-corrected chi connectivity index (χ4v) is 5.13. The van der Waals surface area contributed by atoms with Crippen LogP contribution in [0.5, 0.6) is 0 Å². The number of nitrogens with one attached hydrogen (secondary N) is 1. The van der Waals surface area contributed by atoms with Crippen molar-refractivity contribution in [2.75, 3.05) is 19.3 Å². The maximum Gasteiger partial charge on any atom is 0.285 e. The number of sulfonamides is 1. The molecule has 1 aliphatic heterocycles. The number of nitrogens with two attached hydrogens (primary N) is 1. The van der Waals surface area contributed by atoms with Crippen molar-refractivity contribution in [1.29, 1.82) is 0 Å². The molecule has 0 saturated carbocycles.